The SMILES string of the molecule is CC/C=C\C/C=C\C/C=C\C/C=C\C/C=C\CCCCCCCCCCCCCCCCCCCCCC(=O)OC(CO)COC(=O)CCCCCCCCC/C=C\C/C=C\CCCCCC. The molecule has 1 N–H and O–H groups in total. The van der Waals surface area contributed by atoms with Gasteiger partial charge in [0.1, 0.15) is 6.61 Å². The summed E-state index contributed by atoms with van der Waals surface area (Å²) in [6, 6.07) is 0. The Labute approximate surface area is 416 Å². The maximum Gasteiger partial charge on any atom is 0.306 e. The second-order valence-electron chi connectivity index (χ2n) is 19.0. The lowest BCUT2D eigenvalue weighted by molar-refractivity contribution is -0.161. The van der Waals surface area contributed by atoms with E-state index < -0.39 is 6.10 Å². The number of hydrogen-bond donors (Lipinski definition) is 1. The fourth-order valence-electron chi connectivity index (χ4n) is 8.14. The number of allylic oxidation sites excluding steroid dienone is 14. The molecular weight excluding hydrogens is 825 g/mol. The molecule has 1 atom stereocenters. The Balaban J connectivity index is 3.46. The summed E-state index contributed by atoms with van der Waals surface area (Å²) in [6.07, 6.45) is 79.9. The van der Waals surface area contributed by atoms with Crippen LogP contribution in [0.5, 0.6) is 0 Å². The summed E-state index contributed by atoms with van der Waals surface area (Å²) in [5, 5.41) is 9.65. The average Bonchev–Trinajstić information content (AvgIpc) is 3.33. The summed E-state index contributed by atoms with van der Waals surface area (Å²) in [7, 11) is 0. The molecule has 0 aliphatic heterocycles. The predicted octanol–water partition coefficient (Wildman–Crippen LogP) is 19.4. The van der Waals surface area contributed by atoms with Crippen LogP contribution in [0.3, 0.4) is 0 Å². The minimum absolute atomic E-state index is 0.0699. The molecule has 386 valence electrons. The largest absolute Gasteiger partial charge is 0.462 e. The van der Waals surface area contributed by atoms with Crippen LogP contribution in [0.1, 0.15) is 277 Å². The van der Waals surface area contributed by atoms with Gasteiger partial charge in [-0.3, -0.25) is 9.59 Å². The lowest BCUT2D eigenvalue weighted by atomic mass is 10.0. The number of carbonyl (C=O) groups is 2. The molecule has 0 aliphatic rings. The first-order chi connectivity index (χ1) is 33.1. The second-order valence-corrected chi connectivity index (χ2v) is 19.0. The minimum Gasteiger partial charge on any atom is -0.462 e. The van der Waals surface area contributed by atoms with Gasteiger partial charge in [-0.2, -0.15) is 0 Å². The molecule has 0 aromatic rings. The van der Waals surface area contributed by atoms with Crippen molar-refractivity contribution in [1.82, 2.24) is 0 Å². The van der Waals surface area contributed by atoms with E-state index in [9.17, 15) is 14.7 Å². The van der Waals surface area contributed by atoms with Crippen molar-refractivity contribution in [2.45, 2.75) is 283 Å². The maximum atomic E-state index is 12.3. The molecule has 0 radical (unpaired) electrons. The van der Waals surface area contributed by atoms with Crippen molar-refractivity contribution < 1.29 is 24.2 Å². The van der Waals surface area contributed by atoms with Crippen LogP contribution in [0.2, 0.25) is 0 Å². The van der Waals surface area contributed by atoms with Gasteiger partial charge in [0.2, 0.25) is 0 Å². The Morgan fingerprint density at radius 2 is 0.642 bits per heavy atom. The zero-order chi connectivity index (χ0) is 48.5. The highest BCUT2D eigenvalue weighted by Crippen LogP contribution is 2.16. The fourth-order valence-corrected chi connectivity index (χ4v) is 8.14. The highest BCUT2D eigenvalue weighted by molar-refractivity contribution is 5.70. The molecule has 0 bridgehead atoms. The molecule has 5 heteroatoms. The summed E-state index contributed by atoms with van der Waals surface area (Å²) in [5.41, 5.74) is 0. The van der Waals surface area contributed by atoms with Crippen molar-refractivity contribution in [3.05, 3.63) is 85.1 Å². The first-order valence-electron chi connectivity index (χ1n) is 28.6. The molecule has 0 amide bonds. The molecule has 0 saturated heterocycles. The molecule has 0 aromatic carbocycles. The Morgan fingerprint density at radius 3 is 0.970 bits per heavy atom. The molecule has 0 aliphatic carbocycles. The quantitative estimate of drug-likeness (QED) is 0.0374. The molecular formula is C62H108O5. The first-order valence-corrected chi connectivity index (χ1v) is 28.6. The highest BCUT2D eigenvalue weighted by Gasteiger charge is 2.16. The van der Waals surface area contributed by atoms with E-state index in [0.717, 1.165) is 83.5 Å². The van der Waals surface area contributed by atoms with Crippen LogP contribution in [0.15, 0.2) is 85.1 Å². The maximum absolute atomic E-state index is 12.3. The van der Waals surface area contributed by atoms with Crippen LogP contribution in [0.25, 0.3) is 0 Å². The Hall–Kier alpha value is -2.92. The summed E-state index contributed by atoms with van der Waals surface area (Å²) < 4.78 is 10.7. The van der Waals surface area contributed by atoms with E-state index in [1.54, 1.807) is 0 Å². The third kappa shape index (κ3) is 55.6. The van der Waals surface area contributed by atoms with Gasteiger partial charge in [0.15, 0.2) is 6.10 Å². The van der Waals surface area contributed by atoms with Crippen molar-refractivity contribution in [1.29, 1.82) is 0 Å². The van der Waals surface area contributed by atoms with E-state index in [1.807, 2.05) is 0 Å². The van der Waals surface area contributed by atoms with Crippen LogP contribution in [-0.4, -0.2) is 36.4 Å². The monoisotopic (exact) mass is 933 g/mol. The van der Waals surface area contributed by atoms with Gasteiger partial charge in [0, 0.05) is 12.8 Å². The van der Waals surface area contributed by atoms with Gasteiger partial charge < -0.3 is 14.6 Å². The Morgan fingerprint density at radius 1 is 0.358 bits per heavy atom. The topological polar surface area (TPSA) is 72.8 Å². The third-order valence-electron chi connectivity index (χ3n) is 12.4. The van der Waals surface area contributed by atoms with E-state index in [2.05, 4.69) is 98.9 Å². The van der Waals surface area contributed by atoms with E-state index in [1.165, 1.54) is 167 Å². The number of esters is 2. The van der Waals surface area contributed by atoms with Gasteiger partial charge >= 0.3 is 11.9 Å². The number of unbranched alkanes of at least 4 members (excludes halogenated alkanes) is 30. The Bertz CT molecular complexity index is 1240. The van der Waals surface area contributed by atoms with Gasteiger partial charge in [0.05, 0.1) is 6.61 Å². The lowest BCUT2D eigenvalue weighted by Gasteiger charge is -2.15. The first kappa shape index (κ1) is 64.1. The van der Waals surface area contributed by atoms with E-state index in [-0.39, 0.29) is 25.2 Å². The van der Waals surface area contributed by atoms with Gasteiger partial charge in [-0.1, -0.05) is 259 Å². The molecule has 0 spiro atoms. The van der Waals surface area contributed by atoms with Crippen LogP contribution >= 0.6 is 0 Å². The highest BCUT2D eigenvalue weighted by atomic mass is 16.6. The number of hydrogen-bond acceptors (Lipinski definition) is 5. The Kier molecular flexibility index (Phi) is 54.9. The molecule has 1 unspecified atom stereocenters. The predicted molar refractivity (Wildman–Crippen MR) is 293 cm³/mol. The van der Waals surface area contributed by atoms with Gasteiger partial charge in [-0.05, 0) is 89.9 Å². The average molecular weight is 934 g/mol. The fraction of sp³-hybridized carbons (Fsp3) is 0.742. The van der Waals surface area contributed by atoms with Gasteiger partial charge in [-0.25, -0.2) is 0 Å². The molecule has 0 fully saturated rings. The molecule has 5 nitrogen and oxygen atoms in total. The number of carbonyl (C=O) groups excluding carboxylic acids is 2. The van der Waals surface area contributed by atoms with Crippen molar-refractivity contribution in [3.63, 3.8) is 0 Å². The van der Waals surface area contributed by atoms with Crippen LogP contribution in [0, 0.1) is 0 Å². The van der Waals surface area contributed by atoms with Crippen molar-refractivity contribution >= 4 is 11.9 Å². The smallest absolute Gasteiger partial charge is 0.306 e. The van der Waals surface area contributed by atoms with Crippen molar-refractivity contribution in [2.75, 3.05) is 13.2 Å². The van der Waals surface area contributed by atoms with Crippen LogP contribution in [0.4, 0.5) is 0 Å². The molecule has 0 rings (SSSR count). The van der Waals surface area contributed by atoms with Crippen LogP contribution in [-0.2, 0) is 19.1 Å². The normalized spacial score (nSPS) is 12.8. The van der Waals surface area contributed by atoms with E-state index >= 15 is 0 Å². The number of aliphatic hydroxyl groups excluding tert-OH is 1. The van der Waals surface area contributed by atoms with Crippen molar-refractivity contribution in [2.24, 2.45) is 0 Å². The summed E-state index contributed by atoms with van der Waals surface area (Å²) >= 11 is 0. The van der Waals surface area contributed by atoms with Crippen molar-refractivity contribution in [3.8, 4) is 0 Å². The molecule has 67 heavy (non-hydrogen) atoms. The minimum atomic E-state index is -0.777. The molecule has 0 aromatic heterocycles. The second kappa shape index (κ2) is 57.4. The van der Waals surface area contributed by atoms with Gasteiger partial charge in [0.25, 0.3) is 0 Å². The number of rotatable bonds is 52. The van der Waals surface area contributed by atoms with E-state index in [0.29, 0.717) is 12.8 Å². The molecule has 0 heterocycles. The summed E-state index contributed by atoms with van der Waals surface area (Å²) in [4.78, 5) is 24.5. The summed E-state index contributed by atoms with van der Waals surface area (Å²) in [6.45, 7) is 4.02. The lowest BCUT2D eigenvalue weighted by Crippen LogP contribution is -2.28. The zero-order valence-corrected chi connectivity index (χ0v) is 44.1. The molecule has 0 saturated carbocycles. The number of aliphatic hydroxyl groups is 1. The standard InChI is InChI=1S/C62H108O5/c1-3-5-7-9-11-13-15-17-19-21-23-24-25-26-27-28-29-30-31-32-33-34-35-36-37-38-39-41-43-45-47-49-51-53-55-57-62(65)67-60(58-63)59-66-61(64)56-54-52-50-48-46-44-42-40-22-20-18-16-14-12-10-8-6-4-2/h5,7,11,13-14,16-17,19-20,22-24,26-27,60,63H,3-4,6,8-10,12,15,18,21,25,28-59H2,1-2H3/b7-5-,13-11-,16-14-,19-17-,22-20-,24-23-,27-26-. The van der Waals surface area contributed by atoms with Gasteiger partial charge in [-0.15, -0.1) is 0 Å². The number of ether oxygens (including phenoxy) is 2. The zero-order valence-electron chi connectivity index (χ0n) is 44.1. The third-order valence-corrected chi connectivity index (χ3v) is 12.4. The van der Waals surface area contributed by atoms with Crippen LogP contribution < -0.4 is 0 Å². The summed E-state index contributed by atoms with van der Waals surface area (Å²) in [5.74, 6) is -0.592. The van der Waals surface area contributed by atoms with E-state index in [4.69, 9.17) is 9.47 Å².